The van der Waals surface area contributed by atoms with Crippen molar-refractivity contribution in [2.45, 2.75) is 13.5 Å². The Kier molecular flexibility index (Phi) is 4.92. The van der Waals surface area contributed by atoms with Gasteiger partial charge in [-0.3, -0.25) is 4.79 Å². The molecule has 0 radical (unpaired) electrons. The Hall–Kier alpha value is -2.24. The van der Waals surface area contributed by atoms with E-state index in [0.717, 1.165) is 11.1 Å². The maximum absolute atomic E-state index is 13.0. The zero-order chi connectivity index (χ0) is 17.1. The number of aromatic nitrogens is 1. The Morgan fingerprint density at radius 3 is 2.50 bits per heavy atom. The van der Waals surface area contributed by atoms with Gasteiger partial charge in [-0.05, 0) is 48.9 Å². The summed E-state index contributed by atoms with van der Waals surface area (Å²) in [5.41, 5.74) is 2.42. The molecule has 3 aromatic rings. The minimum Gasteiger partial charge on any atom is -0.347 e. The quantitative estimate of drug-likeness (QED) is 0.723. The van der Waals surface area contributed by atoms with Gasteiger partial charge in [0.1, 0.15) is 15.7 Å². The number of aryl methyl sites for hydroxylation is 1. The van der Waals surface area contributed by atoms with E-state index in [0.29, 0.717) is 27.1 Å². The second-order valence-corrected chi connectivity index (χ2v) is 6.69. The van der Waals surface area contributed by atoms with Crippen LogP contribution in [0.1, 0.15) is 20.9 Å². The summed E-state index contributed by atoms with van der Waals surface area (Å²) in [5.74, 6) is -0.471. The Morgan fingerprint density at radius 2 is 1.83 bits per heavy atom. The molecule has 0 aliphatic heterocycles. The van der Waals surface area contributed by atoms with Gasteiger partial charge in [-0.25, -0.2) is 9.37 Å². The van der Waals surface area contributed by atoms with E-state index >= 15 is 0 Å². The summed E-state index contributed by atoms with van der Waals surface area (Å²) < 4.78 is 13.0. The molecule has 0 unspecified atom stereocenters. The highest BCUT2D eigenvalue weighted by Gasteiger charge is 2.16. The number of nitrogens with zero attached hydrogens (tertiary/aromatic N) is 1. The molecule has 0 saturated heterocycles. The molecule has 3 rings (SSSR count). The standard InChI is InChI=1S/C18H14ClFN2OS/c1-11-16(17(23)21-10-12-2-6-14(19)7-3-12)24-18(22-11)13-4-8-15(20)9-5-13/h2-9H,10H2,1H3,(H,21,23). The van der Waals surface area contributed by atoms with Crippen molar-refractivity contribution in [3.05, 3.63) is 75.5 Å². The summed E-state index contributed by atoms with van der Waals surface area (Å²) in [6, 6.07) is 13.4. The third kappa shape index (κ3) is 3.80. The van der Waals surface area contributed by atoms with E-state index in [9.17, 15) is 9.18 Å². The Morgan fingerprint density at radius 1 is 1.17 bits per heavy atom. The smallest absolute Gasteiger partial charge is 0.263 e. The Balaban J connectivity index is 1.73. The SMILES string of the molecule is Cc1nc(-c2ccc(F)cc2)sc1C(=O)NCc1ccc(Cl)cc1. The zero-order valence-corrected chi connectivity index (χ0v) is 14.4. The molecule has 0 aliphatic rings. The highest BCUT2D eigenvalue weighted by atomic mass is 35.5. The van der Waals surface area contributed by atoms with Crippen molar-refractivity contribution in [1.82, 2.24) is 10.3 Å². The fourth-order valence-electron chi connectivity index (χ4n) is 2.19. The molecule has 0 aliphatic carbocycles. The van der Waals surface area contributed by atoms with Gasteiger partial charge in [0.05, 0.1) is 5.69 Å². The average Bonchev–Trinajstić information content (AvgIpc) is 2.96. The van der Waals surface area contributed by atoms with Crippen molar-refractivity contribution in [3.63, 3.8) is 0 Å². The maximum Gasteiger partial charge on any atom is 0.263 e. The lowest BCUT2D eigenvalue weighted by Gasteiger charge is -2.04. The number of rotatable bonds is 4. The summed E-state index contributed by atoms with van der Waals surface area (Å²) in [4.78, 5) is 17.4. The largest absolute Gasteiger partial charge is 0.347 e. The number of carbonyl (C=O) groups is 1. The van der Waals surface area contributed by atoms with E-state index < -0.39 is 0 Å². The molecule has 6 heteroatoms. The van der Waals surface area contributed by atoms with Crippen molar-refractivity contribution in [2.24, 2.45) is 0 Å². The number of hydrogen-bond donors (Lipinski definition) is 1. The fraction of sp³-hybridized carbons (Fsp3) is 0.111. The van der Waals surface area contributed by atoms with Gasteiger partial charge in [0.15, 0.2) is 0 Å². The van der Waals surface area contributed by atoms with Gasteiger partial charge in [0.2, 0.25) is 0 Å². The minimum atomic E-state index is -0.298. The predicted molar refractivity (Wildman–Crippen MR) is 94.9 cm³/mol. The number of carbonyl (C=O) groups excluding carboxylic acids is 1. The molecule has 1 amide bonds. The van der Waals surface area contributed by atoms with Gasteiger partial charge >= 0.3 is 0 Å². The van der Waals surface area contributed by atoms with Gasteiger partial charge in [-0.15, -0.1) is 11.3 Å². The lowest BCUT2D eigenvalue weighted by molar-refractivity contribution is 0.0954. The van der Waals surface area contributed by atoms with Crippen LogP contribution in [0.5, 0.6) is 0 Å². The van der Waals surface area contributed by atoms with Gasteiger partial charge in [-0.2, -0.15) is 0 Å². The molecule has 0 fully saturated rings. The van der Waals surface area contributed by atoms with Crippen molar-refractivity contribution in [3.8, 4) is 10.6 Å². The number of thiazole rings is 1. The minimum absolute atomic E-state index is 0.173. The van der Waals surface area contributed by atoms with Crippen LogP contribution in [0.3, 0.4) is 0 Å². The summed E-state index contributed by atoms with van der Waals surface area (Å²) in [6.45, 7) is 2.21. The van der Waals surface area contributed by atoms with Crippen LogP contribution in [-0.4, -0.2) is 10.9 Å². The Labute approximate surface area is 148 Å². The normalized spacial score (nSPS) is 10.6. The van der Waals surface area contributed by atoms with Gasteiger partial charge in [-0.1, -0.05) is 23.7 Å². The molecular formula is C18H14ClFN2OS. The molecule has 24 heavy (non-hydrogen) atoms. The second-order valence-electron chi connectivity index (χ2n) is 5.25. The first-order chi connectivity index (χ1) is 11.5. The first-order valence-corrected chi connectivity index (χ1v) is 8.48. The number of benzene rings is 2. The molecule has 0 bridgehead atoms. The zero-order valence-electron chi connectivity index (χ0n) is 12.8. The summed E-state index contributed by atoms with van der Waals surface area (Å²) in [6.07, 6.45) is 0. The maximum atomic E-state index is 13.0. The number of hydrogen-bond acceptors (Lipinski definition) is 3. The molecule has 1 heterocycles. The first-order valence-electron chi connectivity index (χ1n) is 7.29. The molecule has 1 aromatic heterocycles. The predicted octanol–water partition coefficient (Wildman–Crippen LogP) is 4.84. The van der Waals surface area contributed by atoms with E-state index in [4.69, 9.17) is 11.6 Å². The fourth-order valence-corrected chi connectivity index (χ4v) is 3.30. The lowest BCUT2D eigenvalue weighted by atomic mass is 10.2. The van der Waals surface area contributed by atoms with Gasteiger partial charge in [0, 0.05) is 17.1 Å². The Bertz CT molecular complexity index is 860. The lowest BCUT2D eigenvalue weighted by Crippen LogP contribution is -2.22. The van der Waals surface area contributed by atoms with E-state index in [2.05, 4.69) is 10.3 Å². The number of amides is 1. The highest BCUT2D eigenvalue weighted by molar-refractivity contribution is 7.17. The molecule has 3 nitrogen and oxygen atoms in total. The third-order valence-electron chi connectivity index (χ3n) is 3.46. The van der Waals surface area contributed by atoms with Crippen LogP contribution in [0.15, 0.2) is 48.5 Å². The van der Waals surface area contributed by atoms with Gasteiger partial charge in [0.25, 0.3) is 5.91 Å². The van der Waals surface area contributed by atoms with E-state index in [1.807, 2.05) is 12.1 Å². The van der Waals surface area contributed by atoms with Crippen LogP contribution in [-0.2, 0) is 6.54 Å². The third-order valence-corrected chi connectivity index (χ3v) is 4.92. The topological polar surface area (TPSA) is 42.0 Å². The first kappa shape index (κ1) is 16.6. The molecule has 122 valence electrons. The molecular weight excluding hydrogens is 347 g/mol. The van der Waals surface area contributed by atoms with Gasteiger partial charge < -0.3 is 5.32 Å². The number of nitrogens with one attached hydrogen (secondary N) is 1. The summed E-state index contributed by atoms with van der Waals surface area (Å²) >= 11 is 7.14. The molecule has 0 saturated carbocycles. The van der Waals surface area contributed by atoms with Crippen molar-refractivity contribution in [1.29, 1.82) is 0 Å². The number of halogens is 2. The van der Waals surface area contributed by atoms with Crippen LogP contribution in [0, 0.1) is 12.7 Å². The van der Waals surface area contributed by atoms with Crippen molar-refractivity contribution >= 4 is 28.8 Å². The molecule has 1 N–H and O–H groups in total. The molecule has 0 atom stereocenters. The highest BCUT2D eigenvalue weighted by Crippen LogP contribution is 2.28. The summed E-state index contributed by atoms with van der Waals surface area (Å²) in [5, 5.41) is 4.24. The average molecular weight is 361 g/mol. The van der Waals surface area contributed by atoms with E-state index in [-0.39, 0.29) is 11.7 Å². The van der Waals surface area contributed by atoms with E-state index in [1.54, 1.807) is 31.2 Å². The van der Waals surface area contributed by atoms with Crippen LogP contribution in [0.4, 0.5) is 4.39 Å². The monoisotopic (exact) mass is 360 g/mol. The van der Waals surface area contributed by atoms with Crippen molar-refractivity contribution < 1.29 is 9.18 Å². The summed E-state index contributed by atoms with van der Waals surface area (Å²) in [7, 11) is 0. The molecule has 2 aromatic carbocycles. The molecule has 0 spiro atoms. The second kappa shape index (κ2) is 7.11. The van der Waals surface area contributed by atoms with Crippen LogP contribution < -0.4 is 5.32 Å². The van der Waals surface area contributed by atoms with Crippen molar-refractivity contribution in [2.75, 3.05) is 0 Å². The van der Waals surface area contributed by atoms with Crippen LogP contribution in [0.25, 0.3) is 10.6 Å². The van der Waals surface area contributed by atoms with E-state index in [1.165, 1.54) is 23.5 Å². The van der Waals surface area contributed by atoms with Crippen LogP contribution in [0.2, 0.25) is 5.02 Å². The van der Waals surface area contributed by atoms with Crippen LogP contribution >= 0.6 is 22.9 Å².